The van der Waals surface area contributed by atoms with Gasteiger partial charge in [0.2, 0.25) is 0 Å². The van der Waals surface area contributed by atoms with Crippen LogP contribution in [0.2, 0.25) is 0 Å². The number of aromatic carboxylic acids is 2. The van der Waals surface area contributed by atoms with E-state index >= 15 is 0 Å². The number of allylic oxidation sites excluding steroid dienone is 4. The van der Waals surface area contributed by atoms with E-state index in [0.29, 0.717) is 0 Å². The van der Waals surface area contributed by atoms with Crippen molar-refractivity contribution in [2.24, 2.45) is 0 Å². The number of rotatable bonds is 38. The highest BCUT2D eigenvalue weighted by Gasteiger charge is 2.64. The minimum Gasteiger partial charge on any atom is -0.478 e. The Morgan fingerprint density at radius 1 is 0.223 bits per heavy atom. The Labute approximate surface area is 668 Å². The molecule has 0 amide bonds. The second kappa shape index (κ2) is 34.8. The van der Waals surface area contributed by atoms with Gasteiger partial charge in [0.1, 0.15) is 0 Å². The lowest BCUT2D eigenvalue weighted by Gasteiger charge is -2.40. The molecule has 0 spiro atoms. The Kier molecular flexibility index (Phi) is 24.0. The van der Waals surface area contributed by atoms with Gasteiger partial charge >= 0.3 is 11.9 Å². The van der Waals surface area contributed by atoms with E-state index in [1.807, 2.05) is 24.3 Å². The molecule has 11 aromatic carbocycles. The topological polar surface area (TPSA) is 74.6 Å². The highest BCUT2D eigenvalue weighted by Crippen LogP contribution is 2.74. The highest BCUT2D eigenvalue weighted by molar-refractivity contribution is 6.20. The second-order valence-electron chi connectivity index (χ2n) is 32.9. The summed E-state index contributed by atoms with van der Waals surface area (Å²) in [4.78, 5) is 28.1. The van der Waals surface area contributed by atoms with Crippen LogP contribution >= 0.6 is 0 Å². The third-order valence-electron chi connectivity index (χ3n) is 26.0. The van der Waals surface area contributed by atoms with Crippen LogP contribution in [0.15, 0.2) is 267 Å². The molecule has 4 aliphatic rings. The summed E-state index contributed by atoms with van der Waals surface area (Å²) < 4.78 is 0. The van der Waals surface area contributed by atoms with Gasteiger partial charge in [0.15, 0.2) is 0 Å². The summed E-state index contributed by atoms with van der Waals surface area (Å²) >= 11 is 0. The Balaban J connectivity index is 1.07. The molecule has 0 aromatic heterocycles. The highest BCUT2D eigenvalue weighted by atomic mass is 16.4. The molecule has 4 nitrogen and oxygen atoms in total. The van der Waals surface area contributed by atoms with Crippen molar-refractivity contribution in [2.75, 3.05) is 0 Å². The van der Waals surface area contributed by atoms with Crippen LogP contribution in [0.3, 0.4) is 0 Å². The zero-order chi connectivity index (χ0) is 77.1. The minimum absolute atomic E-state index is 0.252. The van der Waals surface area contributed by atoms with Crippen LogP contribution in [-0.2, 0) is 47.3 Å². The molecular weight excluding hydrogens is 1360 g/mol. The molecule has 112 heavy (non-hydrogen) atoms. The fourth-order valence-electron chi connectivity index (χ4n) is 20.6. The molecule has 0 radical (unpaired) electrons. The number of carboxylic acid groups (broad SMARTS) is 2. The first-order chi connectivity index (χ1) is 55.1. The lowest BCUT2D eigenvalue weighted by atomic mass is 9.61. The predicted octanol–water partition coefficient (Wildman–Crippen LogP) is 27.9. The lowest BCUT2D eigenvalue weighted by Crippen LogP contribution is -2.33. The van der Waals surface area contributed by atoms with Gasteiger partial charge in [-0.15, -0.1) is 0 Å². The lowest BCUT2D eigenvalue weighted by molar-refractivity contribution is 0.0686. The number of carbonyl (C=O) groups is 2. The van der Waals surface area contributed by atoms with Crippen molar-refractivity contribution >= 4 is 34.2 Å². The normalized spacial score (nSPS) is 14.9. The van der Waals surface area contributed by atoms with E-state index in [-0.39, 0.29) is 11.1 Å². The summed E-state index contributed by atoms with van der Waals surface area (Å²) in [6.07, 6.45) is 33.2. The van der Waals surface area contributed by atoms with E-state index in [2.05, 4.69) is 270 Å². The molecule has 570 valence electrons. The molecule has 0 fully saturated rings. The maximum atomic E-state index is 14.1. The molecule has 4 heteroatoms. The number of hydrogen-bond donors (Lipinski definition) is 2. The Bertz CT molecular complexity index is 4600. The molecule has 0 heterocycles. The fourth-order valence-corrected chi connectivity index (χ4v) is 20.6. The van der Waals surface area contributed by atoms with Crippen LogP contribution in [0.1, 0.15) is 314 Å². The monoisotopic (exact) mass is 1470 g/mol. The van der Waals surface area contributed by atoms with Crippen LogP contribution in [0.25, 0.3) is 22.3 Å². The predicted molar refractivity (Wildman–Crippen MR) is 466 cm³/mol. The van der Waals surface area contributed by atoms with Crippen molar-refractivity contribution < 1.29 is 19.8 Å². The Hall–Kier alpha value is -10.2. The molecule has 15 rings (SSSR count). The molecule has 0 saturated carbocycles. The molecule has 0 bridgehead atoms. The molecular formula is C108H114O4. The smallest absolute Gasteiger partial charge is 0.335 e. The van der Waals surface area contributed by atoms with Crippen molar-refractivity contribution in [2.45, 2.75) is 229 Å². The van der Waals surface area contributed by atoms with Gasteiger partial charge in [0, 0.05) is 0 Å². The minimum atomic E-state index is -1.07. The largest absolute Gasteiger partial charge is 0.478 e. The maximum Gasteiger partial charge on any atom is 0.335 e. The second-order valence-corrected chi connectivity index (χ2v) is 32.9. The van der Waals surface area contributed by atoms with Crippen LogP contribution in [0.5, 0.6) is 0 Å². The first-order valence-electron chi connectivity index (χ1n) is 43.2. The Morgan fingerprint density at radius 3 is 0.661 bits per heavy atom. The molecule has 0 atom stereocenters. The maximum absolute atomic E-state index is 14.1. The molecule has 4 aliphatic carbocycles. The molecule has 0 aliphatic heterocycles. The number of fused-ring (bicyclic) bond motifs is 8. The van der Waals surface area contributed by atoms with E-state index in [1.54, 1.807) is 0 Å². The van der Waals surface area contributed by atoms with Crippen LogP contribution in [-0.4, -0.2) is 22.2 Å². The summed E-state index contributed by atoms with van der Waals surface area (Å²) in [5.74, 6) is -1.92. The molecule has 11 aromatic rings. The SMILES string of the molecule is CCCCCCCCc1ccc(C2(c3ccc(CCCCCCCC)cc3)C3=C(c4ccc(C(=O)O)cc42)C(c2ccccc2)(c2ccccc2)c2cc4c(cc23)C(c2ccccc2)(c2ccccc2)C2=C4C(c3ccc(CCCCCCCC)cc3)(c3ccc(CCCCCCCC)cc3)c3cc(C(=O)O)ccc32)cc1. The quantitative estimate of drug-likeness (QED) is 0.0378. The number of unbranched alkanes of at least 4 members (excludes halogenated alkanes) is 20. The molecule has 2 N–H and O–H groups in total. The van der Waals surface area contributed by atoms with Gasteiger partial charge in [-0.05, 0) is 221 Å². The first kappa shape index (κ1) is 77.2. The van der Waals surface area contributed by atoms with Gasteiger partial charge in [-0.25, -0.2) is 9.59 Å². The zero-order valence-electron chi connectivity index (χ0n) is 66.9. The molecule has 0 saturated heterocycles. The van der Waals surface area contributed by atoms with Crippen LogP contribution in [0.4, 0.5) is 0 Å². The summed E-state index contributed by atoms with van der Waals surface area (Å²) in [7, 11) is 0. The van der Waals surface area contributed by atoms with Gasteiger partial charge in [0.25, 0.3) is 0 Å². The third kappa shape index (κ3) is 14.0. The average Bonchev–Trinajstić information content (AvgIpc) is 1.47. The van der Waals surface area contributed by atoms with Crippen molar-refractivity contribution in [1.29, 1.82) is 0 Å². The summed E-state index contributed by atoms with van der Waals surface area (Å²) in [6, 6.07) is 101. The van der Waals surface area contributed by atoms with E-state index in [4.69, 9.17) is 0 Å². The third-order valence-corrected chi connectivity index (χ3v) is 26.0. The number of aryl methyl sites for hydroxylation is 4. The summed E-state index contributed by atoms with van der Waals surface area (Å²) in [5.41, 5.74) is 23.5. The van der Waals surface area contributed by atoms with Crippen molar-refractivity contribution in [3.05, 3.63) is 389 Å². The van der Waals surface area contributed by atoms with Crippen molar-refractivity contribution in [1.82, 2.24) is 0 Å². The van der Waals surface area contributed by atoms with Crippen LogP contribution in [0, 0.1) is 0 Å². The summed E-state index contributed by atoms with van der Waals surface area (Å²) in [6.45, 7) is 9.14. The number of benzene rings is 11. The zero-order valence-corrected chi connectivity index (χ0v) is 66.9. The number of carboxylic acids is 2. The van der Waals surface area contributed by atoms with E-state index in [1.165, 1.54) is 151 Å². The van der Waals surface area contributed by atoms with Gasteiger partial charge in [-0.1, -0.05) is 387 Å². The van der Waals surface area contributed by atoms with Gasteiger partial charge in [-0.3, -0.25) is 0 Å². The number of hydrogen-bond acceptors (Lipinski definition) is 2. The van der Waals surface area contributed by atoms with E-state index in [0.717, 1.165) is 163 Å². The van der Waals surface area contributed by atoms with Gasteiger partial charge in [-0.2, -0.15) is 0 Å². The van der Waals surface area contributed by atoms with E-state index < -0.39 is 33.6 Å². The van der Waals surface area contributed by atoms with Gasteiger partial charge in [0.05, 0.1) is 32.8 Å². The molecule has 0 unspecified atom stereocenters. The average molecular weight is 1480 g/mol. The van der Waals surface area contributed by atoms with Crippen molar-refractivity contribution in [3.8, 4) is 0 Å². The first-order valence-corrected chi connectivity index (χ1v) is 43.2. The Morgan fingerprint density at radius 2 is 0.429 bits per heavy atom. The standard InChI is InChI=1S/C108H114O4/c1-5-9-13-17-21-29-41-77-53-63-87(64-54-77)107(88-65-55-78(56-66-88)42-30-22-18-14-10-6-2)95-73-81(103(109)110)61-71-91(95)99-101(107)93-75-98-94(76-97(93)105(99,83-45-33-25-34-46-83)84-47-35-26-36-48-84)102-100(106(98,85-49-37-27-38-50-85)86-51-39-28-40-52-86)92-72-62-82(104(111)112)74-96(92)108(102,89-67-57-79(58-68-89)43-31-23-19-15-11-7-3)90-69-59-80(60-70-90)44-32-24-20-16-12-8-4/h25-28,33-40,45-76H,5-24,29-32,41-44H2,1-4H3,(H,109,110)(H,111,112). The van der Waals surface area contributed by atoms with Gasteiger partial charge < -0.3 is 10.2 Å². The van der Waals surface area contributed by atoms with E-state index in [9.17, 15) is 19.8 Å². The van der Waals surface area contributed by atoms with Crippen molar-refractivity contribution in [3.63, 3.8) is 0 Å². The summed E-state index contributed by atoms with van der Waals surface area (Å²) in [5, 5.41) is 23.0. The van der Waals surface area contributed by atoms with Crippen LogP contribution < -0.4 is 0 Å². The fraction of sp³-hybridized carbons (Fsp3) is 0.333.